The van der Waals surface area contributed by atoms with E-state index in [9.17, 15) is 4.79 Å². The fraction of sp³-hybridized carbons (Fsp3) is 0.412. The van der Waals surface area contributed by atoms with Crippen LogP contribution in [0, 0.1) is 0 Å². The second kappa shape index (κ2) is 8.01. The lowest BCUT2D eigenvalue weighted by Gasteiger charge is -2.18. The first kappa shape index (κ1) is 16.6. The molecule has 0 spiro atoms. The molecule has 0 aromatic heterocycles. The Bertz CT molecular complexity index is 642. The lowest BCUT2D eigenvalue weighted by molar-refractivity contribution is -0.116. The van der Waals surface area contributed by atoms with Gasteiger partial charge in [0.1, 0.15) is 13.2 Å². The third-order valence-corrected chi connectivity index (χ3v) is 4.20. The molecule has 1 heterocycles. The van der Waals surface area contributed by atoms with E-state index in [0.717, 1.165) is 24.2 Å². The van der Waals surface area contributed by atoms with E-state index in [4.69, 9.17) is 21.7 Å². The van der Waals surface area contributed by atoms with E-state index in [0.29, 0.717) is 30.1 Å². The van der Waals surface area contributed by atoms with E-state index in [1.54, 1.807) is 6.08 Å². The molecule has 24 heavy (non-hydrogen) atoms. The van der Waals surface area contributed by atoms with Gasteiger partial charge in [-0.25, -0.2) is 0 Å². The topological polar surface area (TPSA) is 71.6 Å². The van der Waals surface area contributed by atoms with Crippen molar-refractivity contribution < 1.29 is 14.3 Å². The maximum absolute atomic E-state index is 11.8. The molecule has 1 aliphatic carbocycles. The lowest BCUT2D eigenvalue weighted by atomic mass is 10.2. The monoisotopic (exact) mass is 347 g/mol. The number of rotatable bonds is 3. The number of thiocarbonyl (C=S) groups is 1. The van der Waals surface area contributed by atoms with E-state index in [1.165, 1.54) is 18.9 Å². The number of hydrazine groups is 1. The third kappa shape index (κ3) is 4.61. The van der Waals surface area contributed by atoms with Crippen LogP contribution < -0.4 is 25.6 Å². The minimum absolute atomic E-state index is 0.277. The summed E-state index contributed by atoms with van der Waals surface area (Å²) in [6.45, 7) is 1.10. The largest absolute Gasteiger partial charge is 0.486 e. The predicted molar refractivity (Wildman–Crippen MR) is 95.7 cm³/mol. The molecule has 3 rings (SSSR count). The number of carbonyl (C=O) groups is 1. The van der Waals surface area contributed by atoms with Gasteiger partial charge in [-0.15, -0.1) is 0 Å². The van der Waals surface area contributed by atoms with E-state index < -0.39 is 0 Å². The van der Waals surface area contributed by atoms with Crippen LogP contribution in [0.2, 0.25) is 0 Å². The summed E-state index contributed by atoms with van der Waals surface area (Å²) in [5, 5.41) is 3.64. The van der Waals surface area contributed by atoms with Crippen molar-refractivity contribution in [3.8, 4) is 11.5 Å². The van der Waals surface area contributed by atoms with Gasteiger partial charge >= 0.3 is 0 Å². The molecule has 2 aliphatic rings. The van der Waals surface area contributed by atoms with Crippen molar-refractivity contribution in [3.63, 3.8) is 0 Å². The highest BCUT2D eigenvalue weighted by atomic mass is 32.1. The van der Waals surface area contributed by atoms with Gasteiger partial charge in [0.05, 0.1) is 0 Å². The highest BCUT2D eigenvalue weighted by Gasteiger charge is 2.15. The molecule has 1 aromatic rings. The molecular weight excluding hydrogens is 326 g/mol. The van der Waals surface area contributed by atoms with Crippen LogP contribution in [0.5, 0.6) is 11.5 Å². The molecule has 0 radical (unpaired) electrons. The second-order valence-electron chi connectivity index (χ2n) is 5.81. The van der Waals surface area contributed by atoms with Gasteiger partial charge < -0.3 is 14.8 Å². The van der Waals surface area contributed by atoms with Crippen molar-refractivity contribution in [2.45, 2.75) is 31.7 Å². The number of ether oxygens (including phenoxy) is 2. The smallest absolute Gasteiger partial charge is 0.262 e. The molecule has 0 atom stereocenters. The summed E-state index contributed by atoms with van der Waals surface area (Å²) >= 11 is 5.16. The maximum Gasteiger partial charge on any atom is 0.262 e. The van der Waals surface area contributed by atoms with Crippen molar-refractivity contribution in [2.75, 3.05) is 13.2 Å². The Kier molecular flexibility index (Phi) is 5.53. The van der Waals surface area contributed by atoms with Crippen molar-refractivity contribution in [1.29, 1.82) is 0 Å². The van der Waals surface area contributed by atoms with Crippen LogP contribution >= 0.6 is 12.2 Å². The Morgan fingerprint density at radius 1 is 1.12 bits per heavy atom. The summed E-state index contributed by atoms with van der Waals surface area (Å²) in [6.07, 6.45) is 7.86. The zero-order valence-electron chi connectivity index (χ0n) is 13.3. The molecule has 6 nitrogen and oxygen atoms in total. The van der Waals surface area contributed by atoms with Crippen LogP contribution in [-0.4, -0.2) is 30.3 Å². The number of nitrogens with one attached hydrogen (secondary N) is 3. The number of amides is 1. The molecule has 1 aromatic carbocycles. The molecule has 7 heteroatoms. The van der Waals surface area contributed by atoms with Gasteiger partial charge in [0, 0.05) is 12.1 Å². The van der Waals surface area contributed by atoms with Crippen LogP contribution in [0.1, 0.15) is 31.2 Å². The number of benzene rings is 1. The van der Waals surface area contributed by atoms with E-state index in [2.05, 4.69) is 16.2 Å². The van der Waals surface area contributed by atoms with Gasteiger partial charge in [-0.05, 0) is 48.8 Å². The average molecular weight is 347 g/mol. The number of hydrogen-bond donors (Lipinski definition) is 3. The lowest BCUT2D eigenvalue weighted by Crippen LogP contribution is -2.48. The molecule has 128 valence electrons. The Balaban J connectivity index is 1.45. The summed E-state index contributed by atoms with van der Waals surface area (Å²) in [5.74, 6) is 1.15. The summed E-state index contributed by atoms with van der Waals surface area (Å²) in [7, 11) is 0. The van der Waals surface area contributed by atoms with Crippen LogP contribution in [0.4, 0.5) is 0 Å². The van der Waals surface area contributed by atoms with Crippen molar-refractivity contribution in [2.24, 2.45) is 0 Å². The van der Waals surface area contributed by atoms with Crippen LogP contribution in [0.15, 0.2) is 24.3 Å². The summed E-state index contributed by atoms with van der Waals surface area (Å²) in [4.78, 5) is 11.8. The van der Waals surface area contributed by atoms with E-state index >= 15 is 0 Å². The van der Waals surface area contributed by atoms with Gasteiger partial charge in [-0.1, -0.05) is 18.9 Å². The van der Waals surface area contributed by atoms with Crippen molar-refractivity contribution in [3.05, 3.63) is 29.8 Å². The zero-order valence-corrected chi connectivity index (χ0v) is 14.2. The average Bonchev–Trinajstić information content (AvgIpc) is 3.11. The molecule has 0 bridgehead atoms. The highest BCUT2D eigenvalue weighted by molar-refractivity contribution is 7.80. The van der Waals surface area contributed by atoms with Gasteiger partial charge in [0.25, 0.3) is 5.91 Å². The van der Waals surface area contributed by atoms with Gasteiger partial charge in [-0.2, -0.15) is 0 Å². The maximum atomic E-state index is 11.8. The van der Waals surface area contributed by atoms with Crippen LogP contribution in [0.25, 0.3) is 6.08 Å². The second-order valence-corrected chi connectivity index (χ2v) is 6.21. The van der Waals surface area contributed by atoms with E-state index in [-0.39, 0.29) is 5.91 Å². The number of carbonyl (C=O) groups excluding carboxylic acids is 1. The highest BCUT2D eigenvalue weighted by Crippen LogP contribution is 2.31. The Hall–Kier alpha value is -2.28. The summed E-state index contributed by atoms with van der Waals surface area (Å²) in [6, 6.07) is 5.97. The molecule has 1 aliphatic heterocycles. The minimum Gasteiger partial charge on any atom is -0.486 e. The molecule has 1 amide bonds. The SMILES string of the molecule is O=C(/C=C/c1ccc2c(c1)OCCO2)NNC(=S)NC1CCCC1. The first-order chi connectivity index (χ1) is 11.7. The van der Waals surface area contributed by atoms with E-state index in [1.807, 2.05) is 18.2 Å². The molecule has 1 fully saturated rings. The molecule has 0 unspecified atom stereocenters. The first-order valence-electron chi connectivity index (χ1n) is 8.15. The molecule has 3 N–H and O–H groups in total. The van der Waals surface area contributed by atoms with Crippen LogP contribution in [0.3, 0.4) is 0 Å². The van der Waals surface area contributed by atoms with Gasteiger partial charge in [-0.3, -0.25) is 15.6 Å². The third-order valence-electron chi connectivity index (χ3n) is 3.98. The standard InChI is InChI=1S/C17H21N3O3S/c21-16(19-20-17(24)18-13-3-1-2-4-13)8-6-12-5-7-14-15(11-12)23-10-9-22-14/h5-8,11,13H,1-4,9-10H2,(H,19,21)(H2,18,20,24)/b8-6+. The molecular formula is C17H21N3O3S. The molecule has 0 saturated heterocycles. The Morgan fingerprint density at radius 2 is 1.88 bits per heavy atom. The zero-order chi connectivity index (χ0) is 16.8. The minimum atomic E-state index is -0.277. The normalized spacial score (nSPS) is 16.8. The number of hydrogen-bond acceptors (Lipinski definition) is 4. The van der Waals surface area contributed by atoms with Gasteiger partial charge in [0.2, 0.25) is 0 Å². The fourth-order valence-electron chi connectivity index (χ4n) is 2.79. The van der Waals surface area contributed by atoms with Crippen molar-refractivity contribution in [1.82, 2.24) is 16.2 Å². The Labute approximate surface area is 146 Å². The van der Waals surface area contributed by atoms with Crippen molar-refractivity contribution >= 4 is 29.3 Å². The quantitative estimate of drug-likeness (QED) is 0.441. The fourth-order valence-corrected chi connectivity index (χ4v) is 3.00. The Morgan fingerprint density at radius 3 is 2.67 bits per heavy atom. The number of fused-ring (bicyclic) bond motifs is 1. The van der Waals surface area contributed by atoms with Gasteiger partial charge in [0.15, 0.2) is 16.6 Å². The summed E-state index contributed by atoms with van der Waals surface area (Å²) in [5.41, 5.74) is 6.14. The van der Waals surface area contributed by atoms with Crippen LogP contribution in [-0.2, 0) is 4.79 Å². The first-order valence-corrected chi connectivity index (χ1v) is 8.56. The molecule has 1 saturated carbocycles. The summed E-state index contributed by atoms with van der Waals surface area (Å²) < 4.78 is 11.0. The predicted octanol–water partition coefficient (Wildman–Crippen LogP) is 1.91.